The van der Waals surface area contributed by atoms with Crippen LogP contribution in [-0.4, -0.2) is 7.05 Å². The van der Waals surface area contributed by atoms with E-state index < -0.39 is 0 Å². The maximum Gasteiger partial charge on any atom is 0.0414 e. The Bertz CT molecular complexity index is 638. The fourth-order valence-corrected chi connectivity index (χ4v) is 2.52. The number of rotatable bonds is 3. The topological polar surface area (TPSA) is 3.24 Å². The first-order chi connectivity index (χ1) is 9.84. The predicted molar refractivity (Wildman–Crippen MR) is 86.7 cm³/mol. The third-order valence-corrected chi connectivity index (χ3v) is 3.70. The summed E-state index contributed by atoms with van der Waals surface area (Å²) in [5.74, 6) is 0. The molecule has 0 N–H and O–H groups in total. The van der Waals surface area contributed by atoms with E-state index in [0.29, 0.717) is 0 Å². The average molecular weight is 261 g/mol. The Morgan fingerprint density at radius 3 is 2.40 bits per heavy atom. The van der Waals surface area contributed by atoms with Crippen molar-refractivity contribution >= 4 is 5.69 Å². The summed E-state index contributed by atoms with van der Waals surface area (Å²) in [4.78, 5) is 2.25. The summed E-state index contributed by atoms with van der Waals surface area (Å²) in [5, 5.41) is 0. The summed E-state index contributed by atoms with van der Waals surface area (Å²) in [6.45, 7) is 0. The van der Waals surface area contributed by atoms with Crippen molar-refractivity contribution in [1.82, 2.24) is 0 Å². The Balaban J connectivity index is 1.91. The van der Waals surface area contributed by atoms with Gasteiger partial charge in [0, 0.05) is 18.4 Å². The lowest BCUT2D eigenvalue weighted by molar-refractivity contribution is 0.984. The molecule has 0 fully saturated rings. The van der Waals surface area contributed by atoms with Crippen molar-refractivity contribution in [2.24, 2.45) is 0 Å². The molecule has 0 saturated carbocycles. The molecule has 0 aromatic heterocycles. The Morgan fingerprint density at radius 2 is 1.65 bits per heavy atom. The summed E-state index contributed by atoms with van der Waals surface area (Å²) in [6, 6.07) is 19.2. The van der Waals surface area contributed by atoms with Gasteiger partial charge in [0.25, 0.3) is 0 Å². The minimum Gasteiger partial charge on any atom is -0.345 e. The maximum atomic E-state index is 2.30. The van der Waals surface area contributed by atoms with Crippen LogP contribution in [0, 0.1) is 0 Å². The van der Waals surface area contributed by atoms with Gasteiger partial charge in [0.1, 0.15) is 0 Å². The Hall–Kier alpha value is -2.28. The van der Waals surface area contributed by atoms with E-state index in [1.54, 1.807) is 0 Å². The van der Waals surface area contributed by atoms with E-state index in [2.05, 4.69) is 84.8 Å². The Labute approximate surface area is 120 Å². The van der Waals surface area contributed by atoms with E-state index in [-0.39, 0.29) is 0 Å². The fraction of sp³-hybridized carbons (Fsp3) is 0.158. The molecule has 100 valence electrons. The molecular weight excluding hydrogens is 242 g/mol. The lowest BCUT2D eigenvalue weighted by Gasteiger charge is -2.23. The molecule has 0 bridgehead atoms. The van der Waals surface area contributed by atoms with Crippen LogP contribution in [0.4, 0.5) is 5.69 Å². The summed E-state index contributed by atoms with van der Waals surface area (Å²) >= 11 is 0. The molecule has 1 heteroatoms. The summed E-state index contributed by atoms with van der Waals surface area (Å²) in [5.41, 5.74) is 5.02. The van der Waals surface area contributed by atoms with Crippen LogP contribution < -0.4 is 4.90 Å². The second-order valence-corrected chi connectivity index (χ2v) is 5.08. The number of hydrogen-bond acceptors (Lipinski definition) is 1. The summed E-state index contributed by atoms with van der Waals surface area (Å²) < 4.78 is 0. The summed E-state index contributed by atoms with van der Waals surface area (Å²) in [7, 11) is 2.13. The van der Waals surface area contributed by atoms with Crippen LogP contribution in [-0.2, 0) is 0 Å². The zero-order chi connectivity index (χ0) is 13.8. The first-order valence-corrected chi connectivity index (χ1v) is 7.10. The van der Waals surface area contributed by atoms with Gasteiger partial charge in [-0.1, -0.05) is 54.6 Å². The van der Waals surface area contributed by atoms with Crippen molar-refractivity contribution in [1.29, 1.82) is 0 Å². The molecule has 1 aliphatic rings. The largest absolute Gasteiger partial charge is 0.345 e. The van der Waals surface area contributed by atoms with Crippen molar-refractivity contribution in [3.63, 3.8) is 0 Å². The van der Waals surface area contributed by atoms with Gasteiger partial charge in [-0.3, -0.25) is 0 Å². The molecule has 20 heavy (non-hydrogen) atoms. The highest BCUT2D eigenvalue weighted by Gasteiger charge is 2.07. The van der Waals surface area contributed by atoms with Crippen molar-refractivity contribution in [2.45, 2.75) is 12.8 Å². The molecule has 0 radical (unpaired) electrons. The van der Waals surface area contributed by atoms with Gasteiger partial charge in [-0.25, -0.2) is 0 Å². The fourth-order valence-electron chi connectivity index (χ4n) is 2.52. The van der Waals surface area contributed by atoms with Crippen LogP contribution in [0.2, 0.25) is 0 Å². The van der Waals surface area contributed by atoms with Gasteiger partial charge in [0.05, 0.1) is 0 Å². The zero-order valence-electron chi connectivity index (χ0n) is 11.8. The van der Waals surface area contributed by atoms with Crippen LogP contribution in [0.3, 0.4) is 0 Å². The molecule has 0 aliphatic heterocycles. The molecule has 0 atom stereocenters. The highest BCUT2D eigenvalue weighted by molar-refractivity contribution is 5.69. The van der Waals surface area contributed by atoms with E-state index in [4.69, 9.17) is 0 Å². The number of nitrogens with zero attached hydrogens (tertiary/aromatic N) is 1. The molecule has 0 saturated heterocycles. The van der Waals surface area contributed by atoms with Crippen LogP contribution in [0.25, 0.3) is 11.1 Å². The van der Waals surface area contributed by atoms with Crippen LogP contribution >= 0.6 is 0 Å². The molecule has 3 rings (SSSR count). The van der Waals surface area contributed by atoms with Gasteiger partial charge in [-0.15, -0.1) is 0 Å². The molecule has 1 nitrogen and oxygen atoms in total. The normalized spacial score (nSPS) is 13.9. The van der Waals surface area contributed by atoms with Crippen molar-refractivity contribution < 1.29 is 0 Å². The van der Waals surface area contributed by atoms with Crippen LogP contribution in [0.15, 0.2) is 78.5 Å². The minimum absolute atomic E-state index is 1.13. The maximum absolute atomic E-state index is 2.30. The number of anilines is 1. The molecule has 2 aromatic carbocycles. The zero-order valence-corrected chi connectivity index (χ0v) is 11.8. The predicted octanol–water partition coefficient (Wildman–Crippen LogP) is 5.02. The number of likely N-dealkylation sites (N-methyl/N-ethyl adjacent to an activating group) is 1. The van der Waals surface area contributed by atoms with Gasteiger partial charge in [-0.05, 0) is 42.2 Å². The van der Waals surface area contributed by atoms with E-state index in [1.165, 1.54) is 22.5 Å². The van der Waals surface area contributed by atoms with E-state index in [9.17, 15) is 0 Å². The first-order valence-electron chi connectivity index (χ1n) is 7.10. The molecule has 0 spiro atoms. The van der Waals surface area contributed by atoms with Gasteiger partial charge in [0.15, 0.2) is 0 Å². The summed E-state index contributed by atoms with van der Waals surface area (Å²) in [6.07, 6.45) is 9.04. The third kappa shape index (κ3) is 2.67. The van der Waals surface area contributed by atoms with E-state index >= 15 is 0 Å². The van der Waals surface area contributed by atoms with Gasteiger partial charge in [-0.2, -0.15) is 0 Å². The monoisotopic (exact) mass is 261 g/mol. The standard InChI is InChI=1S/C19H19N/c1-20(18-12-6-3-7-13-18)19-14-8-11-17(15-19)16-9-4-2-5-10-16/h2,4-6,8-15H,3,7H2,1H3. The number of benzene rings is 2. The SMILES string of the molecule is CN(C1=CCCC=C1)c1cccc(-c2ccccc2)c1. The van der Waals surface area contributed by atoms with Crippen molar-refractivity contribution in [2.75, 3.05) is 11.9 Å². The molecule has 0 heterocycles. The Kier molecular flexibility index (Phi) is 3.69. The van der Waals surface area contributed by atoms with Gasteiger partial charge < -0.3 is 4.90 Å². The van der Waals surface area contributed by atoms with Crippen LogP contribution in [0.1, 0.15) is 12.8 Å². The highest BCUT2D eigenvalue weighted by atomic mass is 15.1. The van der Waals surface area contributed by atoms with E-state index in [1.807, 2.05) is 0 Å². The number of allylic oxidation sites excluding steroid dienone is 3. The minimum atomic E-state index is 1.13. The van der Waals surface area contributed by atoms with E-state index in [0.717, 1.165) is 12.8 Å². The molecular formula is C19H19N. The van der Waals surface area contributed by atoms with Crippen molar-refractivity contribution in [3.05, 3.63) is 78.5 Å². The van der Waals surface area contributed by atoms with Gasteiger partial charge in [0.2, 0.25) is 0 Å². The highest BCUT2D eigenvalue weighted by Crippen LogP contribution is 2.27. The molecule has 0 unspecified atom stereocenters. The quantitative estimate of drug-likeness (QED) is 0.749. The lowest BCUT2D eigenvalue weighted by atomic mass is 10.0. The smallest absolute Gasteiger partial charge is 0.0414 e. The number of hydrogen-bond donors (Lipinski definition) is 0. The Morgan fingerprint density at radius 1 is 0.850 bits per heavy atom. The molecule has 0 amide bonds. The average Bonchev–Trinajstić information content (AvgIpc) is 2.56. The van der Waals surface area contributed by atoms with Crippen LogP contribution in [0.5, 0.6) is 0 Å². The lowest BCUT2D eigenvalue weighted by Crippen LogP contribution is -2.15. The second-order valence-electron chi connectivity index (χ2n) is 5.08. The van der Waals surface area contributed by atoms with Gasteiger partial charge >= 0.3 is 0 Å². The third-order valence-electron chi connectivity index (χ3n) is 3.70. The molecule has 2 aromatic rings. The van der Waals surface area contributed by atoms with Crippen molar-refractivity contribution in [3.8, 4) is 11.1 Å². The molecule has 1 aliphatic carbocycles. The first kappa shape index (κ1) is 12.7. The second kappa shape index (κ2) is 5.79.